The van der Waals surface area contributed by atoms with E-state index in [0.29, 0.717) is 21.2 Å². The fourth-order valence-corrected chi connectivity index (χ4v) is 2.85. The van der Waals surface area contributed by atoms with Crippen LogP contribution in [0.15, 0.2) is 84.0 Å². The summed E-state index contributed by atoms with van der Waals surface area (Å²) in [7, 11) is 0. The second-order valence-electron chi connectivity index (χ2n) is 5.83. The molecule has 27 heavy (non-hydrogen) atoms. The van der Waals surface area contributed by atoms with E-state index >= 15 is 0 Å². The molecule has 0 aromatic heterocycles. The van der Waals surface area contributed by atoms with E-state index < -0.39 is 11.5 Å². The third-order valence-electron chi connectivity index (χ3n) is 4.03. The molecule has 0 saturated heterocycles. The molecule has 0 heterocycles. The second kappa shape index (κ2) is 8.35. The van der Waals surface area contributed by atoms with Crippen molar-refractivity contribution in [2.24, 2.45) is 5.10 Å². The fourth-order valence-electron chi connectivity index (χ4n) is 2.60. The number of hydrogen-bond acceptors (Lipinski definition) is 3. The molecule has 6 heteroatoms. The van der Waals surface area contributed by atoms with Crippen LogP contribution in [0.5, 0.6) is 0 Å². The zero-order valence-electron chi connectivity index (χ0n) is 14.1. The molecule has 4 nitrogen and oxygen atoms in total. The van der Waals surface area contributed by atoms with Gasteiger partial charge in [0.15, 0.2) is 5.60 Å². The number of nitrogens with one attached hydrogen (secondary N) is 1. The van der Waals surface area contributed by atoms with Gasteiger partial charge in [-0.1, -0.05) is 77.8 Å². The van der Waals surface area contributed by atoms with Crippen molar-refractivity contribution in [2.45, 2.75) is 5.60 Å². The van der Waals surface area contributed by atoms with Gasteiger partial charge < -0.3 is 5.11 Å². The summed E-state index contributed by atoms with van der Waals surface area (Å²) < 4.78 is 0. The number of rotatable bonds is 5. The molecule has 0 aliphatic carbocycles. The summed E-state index contributed by atoms with van der Waals surface area (Å²) in [6.45, 7) is 0. The summed E-state index contributed by atoms with van der Waals surface area (Å²) >= 11 is 11.9. The monoisotopic (exact) mass is 398 g/mol. The van der Waals surface area contributed by atoms with Crippen molar-refractivity contribution in [2.75, 3.05) is 0 Å². The smallest absolute Gasteiger partial charge is 0.281 e. The standard InChI is InChI=1S/C21H16Cl2N2O2/c22-18-10-6-16(7-11-18)21(27,17-8-12-19(23)13-9-17)20(26)25-24-14-15-4-2-1-3-5-15/h1-14,27H,(H,25,26). The van der Waals surface area contributed by atoms with Gasteiger partial charge in [-0.25, -0.2) is 5.43 Å². The van der Waals surface area contributed by atoms with E-state index in [9.17, 15) is 9.90 Å². The van der Waals surface area contributed by atoms with Gasteiger partial charge in [-0.2, -0.15) is 5.10 Å². The number of carbonyl (C=O) groups is 1. The fraction of sp³-hybridized carbons (Fsp3) is 0.0476. The van der Waals surface area contributed by atoms with Crippen LogP contribution in [0, 0.1) is 0 Å². The van der Waals surface area contributed by atoms with E-state index in [2.05, 4.69) is 10.5 Å². The Morgan fingerprint density at radius 2 is 1.33 bits per heavy atom. The van der Waals surface area contributed by atoms with Crippen molar-refractivity contribution in [1.29, 1.82) is 0 Å². The van der Waals surface area contributed by atoms with E-state index in [1.807, 2.05) is 30.3 Å². The lowest BCUT2D eigenvalue weighted by molar-refractivity contribution is -0.136. The van der Waals surface area contributed by atoms with Crippen molar-refractivity contribution in [1.82, 2.24) is 5.43 Å². The van der Waals surface area contributed by atoms with Gasteiger partial charge in [-0.15, -0.1) is 0 Å². The van der Waals surface area contributed by atoms with Crippen molar-refractivity contribution >= 4 is 35.3 Å². The number of halogens is 2. The first-order valence-electron chi connectivity index (χ1n) is 8.13. The van der Waals surface area contributed by atoms with Crippen LogP contribution in [0.4, 0.5) is 0 Å². The highest BCUT2D eigenvalue weighted by molar-refractivity contribution is 6.30. The van der Waals surface area contributed by atoms with Crippen LogP contribution in [0.1, 0.15) is 16.7 Å². The normalized spacial score (nSPS) is 11.5. The third kappa shape index (κ3) is 4.37. The molecule has 3 rings (SSSR count). The quantitative estimate of drug-likeness (QED) is 0.494. The minimum Gasteiger partial charge on any atom is -0.372 e. The number of aliphatic hydroxyl groups is 1. The largest absolute Gasteiger partial charge is 0.372 e. The maximum Gasteiger partial charge on any atom is 0.281 e. The average Bonchev–Trinajstić information content (AvgIpc) is 2.69. The third-order valence-corrected chi connectivity index (χ3v) is 4.54. The summed E-state index contributed by atoms with van der Waals surface area (Å²) in [5, 5.41) is 16.3. The summed E-state index contributed by atoms with van der Waals surface area (Å²) in [6.07, 6.45) is 1.50. The van der Waals surface area contributed by atoms with Crippen molar-refractivity contribution < 1.29 is 9.90 Å². The van der Waals surface area contributed by atoms with Crippen molar-refractivity contribution in [3.8, 4) is 0 Å². The van der Waals surface area contributed by atoms with Crippen LogP contribution in [0.25, 0.3) is 0 Å². The topological polar surface area (TPSA) is 61.7 Å². The maximum absolute atomic E-state index is 12.9. The molecule has 0 unspecified atom stereocenters. The van der Waals surface area contributed by atoms with E-state index in [1.54, 1.807) is 48.5 Å². The van der Waals surface area contributed by atoms with Crippen LogP contribution < -0.4 is 5.43 Å². The molecule has 2 N–H and O–H groups in total. The molecule has 0 fully saturated rings. The van der Waals surface area contributed by atoms with Gasteiger partial charge in [0.25, 0.3) is 5.91 Å². The first-order valence-corrected chi connectivity index (χ1v) is 8.89. The van der Waals surface area contributed by atoms with Crippen LogP contribution in [-0.2, 0) is 10.4 Å². The molecule has 0 radical (unpaired) electrons. The highest BCUT2D eigenvalue weighted by atomic mass is 35.5. The van der Waals surface area contributed by atoms with E-state index in [0.717, 1.165) is 5.56 Å². The lowest BCUT2D eigenvalue weighted by Gasteiger charge is -2.27. The van der Waals surface area contributed by atoms with Gasteiger partial charge in [0.05, 0.1) is 6.21 Å². The number of carbonyl (C=O) groups excluding carboxylic acids is 1. The molecular weight excluding hydrogens is 383 g/mol. The minimum atomic E-state index is -1.96. The average molecular weight is 399 g/mol. The maximum atomic E-state index is 12.9. The number of benzene rings is 3. The molecule has 136 valence electrons. The lowest BCUT2D eigenvalue weighted by Crippen LogP contribution is -2.43. The van der Waals surface area contributed by atoms with Gasteiger partial charge in [0.2, 0.25) is 0 Å². The van der Waals surface area contributed by atoms with Gasteiger partial charge in [-0.05, 0) is 41.0 Å². The predicted octanol–water partition coefficient (Wildman–Crippen LogP) is 4.38. The Bertz CT molecular complexity index is 895. The molecule has 0 aliphatic rings. The van der Waals surface area contributed by atoms with Gasteiger partial charge >= 0.3 is 0 Å². The Morgan fingerprint density at radius 3 is 1.81 bits per heavy atom. The highest BCUT2D eigenvalue weighted by Gasteiger charge is 2.40. The van der Waals surface area contributed by atoms with Crippen LogP contribution in [-0.4, -0.2) is 17.2 Å². The highest BCUT2D eigenvalue weighted by Crippen LogP contribution is 2.31. The lowest BCUT2D eigenvalue weighted by atomic mass is 9.85. The van der Waals surface area contributed by atoms with Gasteiger partial charge in [-0.3, -0.25) is 4.79 Å². The Balaban J connectivity index is 1.93. The van der Waals surface area contributed by atoms with E-state index in [-0.39, 0.29) is 0 Å². The van der Waals surface area contributed by atoms with E-state index in [1.165, 1.54) is 6.21 Å². The second-order valence-corrected chi connectivity index (χ2v) is 6.71. The molecule has 3 aromatic carbocycles. The molecule has 0 bridgehead atoms. The number of amides is 1. The first kappa shape index (κ1) is 19.1. The Hall–Kier alpha value is -2.66. The SMILES string of the molecule is O=C(NN=Cc1ccccc1)C(O)(c1ccc(Cl)cc1)c1ccc(Cl)cc1. The Labute approximate surface area is 167 Å². The Morgan fingerprint density at radius 1 is 0.852 bits per heavy atom. The molecule has 1 amide bonds. The van der Waals surface area contributed by atoms with E-state index in [4.69, 9.17) is 23.2 Å². The molecule has 3 aromatic rings. The molecule has 0 aliphatic heterocycles. The zero-order valence-corrected chi connectivity index (χ0v) is 15.7. The van der Waals surface area contributed by atoms with Crippen molar-refractivity contribution in [3.05, 3.63) is 106 Å². The predicted molar refractivity (Wildman–Crippen MR) is 108 cm³/mol. The summed E-state index contributed by atoms with van der Waals surface area (Å²) in [6, 6.07) is 22.1. The van der Waals surface area contributed by atoms with Gasteiger partial charge in [0, 0.05) is 10.0 Å². The Kier molecular flexibility index (Phi) is 5.91. The summed E-state index contributed by atoms with van der Waals surface area (Å²) in [4.78, 5) is 12.9. The minimum absolute atomic E-state index is 0.363. The number of hydrazone groups is 1. The molecular formula is C21H16Cl2N2O2. The van der Waals surface area contributed by atoms with Crippen LogP contribution in [0.2, 0.25) is 10.0 Å². The van der Waals surface area contributed by atoms with Crippen LogP contribution >= 0.6 is 23.2 Å². The van der Waals surface area contributed by atoms with Gasteiger partial charge in [0.1, 0.15) is 0 Å². The zero-order chi connectivity index (χ0) is 19.3. The summed E-state index contributed by atoms with van der Waals surface area (Å²) in [5.41, 5.74) is 2.00. The molecule has 0 atom stereocenters. The molecule has 0 saturated carbocycles. The molecule has 0 spiro atoms. The summed E-state index contributed by atoms with van der Waals surface area (Å²) in [5.74, 6) is -0.695. The van der Waals surface area contributed by atoms with Crippen molar-refractivity contribution in [3.63, 3.8) is 0 Å². The van der Waals surface area contributed by atoms with Crippen LogP contribution in [0.3, 0.4) is 0 Å². The number of nitrogens with zero attached hydrogens (tertiary/aromatic N) is 1. The first-order chi connectivity index (χ1) is 13.0. The number of hydrogen-bond donors (Lipinski definition) is 2.